The highest BCUT2D eigenvalue weighted by Crippen LogP contribution is 2.31. The second kappa shape index (κ2) is 5.42. The topological polar surface area (TPSA) is 62.2 Å². The van der Waals surface area contributed by atoms with Crippen LogP contribution in [0.1, 0.15) is 17.3 Å². The van der Waals surface area contributed by atoms with Gasteiger partial charge in [0, 0.05) is 35.7 Å². The minimum Gasteiger partial charge on any atom is -0.290 e. The Bertz CT molecular complexity index is 814. The molecule has 2 aromatic rings. The van der Waals surface area contributed by atoms with Crippen molar-refractivity contribution in [1.29, 1.82) is 0 Å². The van der Waals surface area contributed by atoms with Crippen LogP contribution in [-0.2, 0) is 4.79 Å². The highest BCUT2D eigenvalue weighted by molar-refractivity contribution is 6.00. The van der Waals surface area contributed by atoms with Gasteiger partial charge in [0.15, 0.2) is 0 Å². The van der Waals surface area contributed by atoms with E-state index in [9.17, 15) is 13.6 Å². The molecule has 7 heteroatoms. The molecule has 1 amide bonds. The Morgan fingerprint density at radius 1 is 1.22 bits per heavy atom. The van der Waals surface area contributed by atoms with Crippen LogP contribution in [0.3, 0.4) is 0 Å². The molecule has 2 N–H and O–H groups in total. The fourth-order valence-electron chi connectivity index (χ4n) is 2.69. The monoisotopic (exact) mass is 317 g/mol. The first kappa shape index (κ1) is 15.1. The van der Waals surface area contributed by atoms with Crippen molar-refractivity contribution in [2.75, 3.05) is 7.05 Å². The lowest BCUT2D eigenvalue weighted by Gasteiger charge is -2.13. The second-order valence-electron chi connectivity index (χ2n) is 5.39. The van der Waals surface area contributed by atoms with Crippen molar-refractivity contribution >= 4 is 17.6 Å². The number of likely N-dealkylation sites (N-methyl/N-ethyl adjacent to an activating group) is 1. The Morgan fingerprint density at radius 2 is 1.87 bits per heavy atom. The first-order chi connectivity index (χ1) is 10.9. The minimum atomic E-state index is -0.789. The zero-order valence-corrected chi connectivity index (χ0v) is 12.6. The number of nitrogens with two attached hydrogens (primary N) is 1. The number of rotatable bonds is 2. The van der Waals surface area contributed by atoms with E-state index < -0.39 is 17.7 Å². The first-order valence-electron chi connectivity index (χ1n) is 6.96. The largest absolute Gasteiger partial charge is 0.359 e. The van der Waals surface area contributed by atoms with E-state index >= 15 is 0 Å². The van der Waals surface area contributed by atoms with Crippen LogP contribution >= 0.6 is 0 Å². The average Bonchev–Trinajstić information content (AvgIpc) is 2.70. The van der Waals surface area contributed by atoms with E-state index in [1.165, 1.54) is 16.5 Å². The normalized spacial score (nSPS) is 18.0. The van der Waals surface area contributed by atoms with Gasteiger partial charge >= 0.3 is 11.9 Å². The smallest absolute Gasteiger partial charge is 0.290 e. The van der Waals surface area contributed by atoms with Crippen LogP contribution in [0.15, 0.2) is 36.5 Å². The van der Waals surface area contributed by atoms with E-state index in [1.54, 1.807) is 25.3 Å². The third-order valence-electron chi connectivity index (χ3n) is 3.78. The molecule has 0 saturated carbocycles. The summed E-state index contributed by atoms with van der Waals surface area (Å²) in [6.45, 7) is 1.80. The number of hydrogen-bond acceptors (Lipinski definition) is 3. The van der Waals surface area contributed by atoms with Crippen molar-refractivity contribution in [3.63, 3.8) is 0 Å². The van der Waals surface area contributed by atoms with Crippen molar-refractivity contribution in [1.82, 2.24) is 9.88 Å². The van der Waals surface area contributed by atoms with Crippen LogP contribution < -0.4 is 5.73 Å². The molecule has 0 aliphatic carbocycles. The van der Waals surface area contributed by atoms with Crippen LogP contribution in [0, 0.1) is 18.6 Å². The quantitative estimate of drug-likeness (QED) is 0.860. The van der Waals surface area contributed by atoms with Gasteiger partial charge in [-0.1, -0.05) is 0 Å². The van der Waals surface area contributed by atoms with E-state index in [0.717, 1.165) is 23.9 Å². The molecule has 1 unspecified atom stereocenters. The lowest BCUT2D eigenvalue weighted by molar-refractivity contribution is -0.471. The van der Waals surface area contributed by atoms with Gasteiger partial charge in [-0.25, -0.2) is 18.3 Å². The number of pyridine rings is 1. The fraction of sp³-hybridized carbons (Fsp3) is 0.188. The molecule has 118 valence electrons. The standard InChI is InChI=1S/C16H14F2N4O/c1-9-5-10(3-4-20-9)14-15(23)21(2)16(19)22(14)13-7-11(17)6-12(18)8-13/h3-8,14,19H,1-2H3/p+1. The molecule has 0 bridgehead atoms. The molecular weight excluding hydrogens is 302 g/mol. The molecule has 0 radical (unpaired) electrons. The van der Waals surface area contributed by atoms with Gasteiger partial charge in [-0.3, -0.25) is 15.5 Å². The number of halogens is 2. The number of amides is 1. The number of guanidine groups is 1. The van der Waals surface area contributed by atoms with Crippen molar-refractivity contribution in [2.24, 2.45) is 5.73 Å². The lowest BCUT2D eigenvalue weighted by Crippen LogP contribution is -2.35. The molecule has 0 saturated heterocycles. The number of benzene rings is 1. The van der Waals surface area contributed by atoms with Gasteiger partial charge < -0.3 is 0 Å². The first-order valence-corrected chi connectivity index (χ1v) is 6.96. The highest BCUT2D eigenvalue weighted by Gasteiger charge is 2.44. The summed E-state index contributed by atoms with van der Waals surface area (Å²) < 4.78 is 28.6. The van der Waals surface area contributed by atoms with Gasteiger partial charge in [0.25, 0.3) is 0 Å². The van der Waals surface area contributed by atoms with E-state index in [1.807, 2.05) is 0 Å². The Kier molecular flexibility index (Phi) is 3.55. The molecule has 5 nitrogen and oxygen atoms in total. The molecule has 0 fully saturated rings. The van der Waals surface area contributed by atoms with Crippen LogP contribution in [0.2, 0.25) is 0 Å². The SMILES string of the molecule is Cc1cc(C2C(=O)N(C)C(N)=[N+]2c2cc(F)cc(F)c2)ccn1. The molecule has 23 heavy (non-hydrogen) atoms. The van der Waals surface area contributed by atoms with Crippen molar-refractivity contribution in [2.45, 2.75) is 13.0 Å². The maximum atomic E-state index is 13.6. The third kappa shape index (κ3) is 2.54. The lowest BCUT2D eigenvalue weighted by atomic mass is 10.1. The van der Waals surface area contributed by atoms with Crippen molar-refractivity contribution < 1.29 is 18.2 Å². The Morgan fingerprint density at radius 3 is 2.48 bits per heavy atom. The second-order valence-corrected chi connectivity index (χ2v) is 5.39. The summed E-state index contributed by atoms with van der Waals surface area (Å²) in [4.78, 5) is 17.9. The molecule has 1 aliphatic rings. The number of carbonyl (C=O) groups is 1. The molecule has 3 rings (SSSR count). The minimum absolute atomic E-state index is 0.111. The van der Waals surface area contributed by atoms with Gasteiger partial charge in [0.2, 0.25) is 6.04 Å². The van der Waals surface area contributed by atoms with Crippen molar-refractivity contribution in [3.8, 4) is 0 Å². The van der Waals surface area contributed by atoms with Crippen LogP contribution in [0.25, 0.3) is 0 Å². The maximum absolute atomic E-state index is 13.6. The predicted molar refractivity (Wildman–Crippen MR) is 80.0 cm³/mol. The molecule has 2 heterocycles. The molecule has 1 atom stereocenters. The number of aromatic nitrogens is 1. The average molecular weight is 317 g/mol. The summed E-state index contributed by atoms with van der Waals surface area (Å²) in [5, 5.41) is 0. The van der Waals surface area contributed by atoms with E-state index in [0.29, 0.717) is 5.56 Å². The summed E-state index contributed by atoms with van der Waals surface area (Å²) in [5.74, 6) is -1.64. The van der Waals surface area contributed by atoms with Crippen LogP contribution in [0.5, 0.6) is 0 Å². The van der Waals surface area contributed by atoms with E-state index in [4.69, 9.17) is 5.73 Å². The molecule has 1 aromatic heterocycles. The zero-order valence-electron chi connectivity index (χ0n) is 12.6. The number of aryl methyl sites for hydroxylation is 1. The summed E-state index contributed by atoms with van der Waals surface area (Å²) >= 11 is 0. The maximum Gasteiger partial charge on any atom is 0.359 e. The number of carbonyl (C=O) groups excluding carboxylic acids is 1. The Labute approximate surface area is 131 Å². The fourth-order valence-corrected chi connectivity index (χ4v) is 2.69. The van der Waals surface area contributed by atoms with Crippen LogP contribution in [0.4, 0.5) is 14.5 Å². The molecule has 0 spiro atoms. The van der Waals surface area contributed by atoms with Gasteiger partial charge in [0.05, 0.1) is 7.05 Å². The zero-order chi connectivity index (χ0) is 16.7. The number of hydrogen-bond donors (Lipinski definition) is 1. The van der Waals surface area contributed by atoms with Gasteiger partial charge in [-0.05, 0) is 19.1 Å². The van der Waals surface area contributed by atoms with Gasteiger partial charge in [0.1, 0.15) is 17.3 Å². The van der Waals surface area contributed by atoms with Crippen molar-refractivity contribution in [3.05, 3.63) is 59.4 Å². The predicted octanol–water partition coefficient (Wildman–Crippen LogP) is 1.84. The summed E-state index contributed by atoms with van der Waals surface area (Å²) in [5.41, 5.74) is 7.56. The van der Waals surface area contributed by atoms with Gasteiger partial charge in [-0.15, -0.1) is 0 Å². The molecule has 1 aliphatic heterocycles. The molecular formula is C16H15F2N4O+. The van der Waals surface area contributed by atoms with Gasteiger partial charge in [-0.2, -0.15) is 0 Å². The summed E-state index contributed by atoms with van der Waals surface area (Å²) in [6.07, 6.45) is 1.58. The third-order valence-corrected chi connectivity index (χ3v) is 3.78. The highest BCUT2D eigenvalue weighted by atomic mass is 19.1. The Hall–Kier alpha value is -2.83. The summed E-state index contributed by atoms with van der Waals surface area (Å²) in [7, 11) is 1.52. The van der Waals surface area contributed by atoms with E-state index in [2.05, 4.69) is 4.98 Å². The van der Waals surface area contributed by atoms with Crippen LogP contribution in [-0.4, -0.2) is 33.4 Å². The number of nitrogens with zero attached hydrogens (tertiary/aromatic N) is 3. The summed E-state index contributed by atoms with van der Waals surface area (Å²) in [6, 6.07) is 5.70. The Balaban J connectivity index is 2.19. The van der Waals surface area contributed by atoms with E-state index in [-0.39, 0.29) is 17.6 Å². The molecule has 1 aromatic carbocycles.